The third-order valence-electron chi connectivity index (χ3n) is 7.12. The van der Waals surface area contributed by atoms with E-state index in [1.54, 1.807) is 0 Å². The summed E-state index contributed by atoms with van der Waals surface area (Å²) in [6.07, 6.45) is 3.27. The van der Waals surface area contributed by atoms with Crippen LogP contribution in [0.3, 0.4) is 0 Å². The fourth-order valence-electron chi connectivity index (χ4n) is 5.66. The Morgan fingerprint density at radius 2 is 1.87 bits per heavy atom. The van der Waals surface area contributed by atoms with E-state index in [4.69, 9.17) is 9.47 Å². The first-order valence-corrected chi connectivity index (χ1v) is 11.0. The molecule has 6 rings (SSSR count). The van der Waals surface area contributed by atoms with E-state index in [0.717, 1.165) is 55.0 Å². The Morgan fingerprint density at radius 1 is 1.06 bits per heavy atom. The smallest absolute Gasteiger partial charge is 0.322 e. The van der Waals surface area contributed by atoms with E-state index in [9.17, 15) is 9.59 Å². The third kappa shape index (κ3) is 3.02. The van der Waals surface area contributed by atoms with Crippen LogP contribution < -0.4 is 14.8 Å². The maximum atomic E-state index is 13.5. The normalized spacial score (nSPS) is 26.1. The van der Waals surface area contributed by atoms with Crippen LogP contribution in [0.1, 0.15) is 36.4 Å². The number of carbonyl (C=O) groups excluding carboxylic acids is 2. The Kier molecular flexibility index (Phi) is 4.30. The minimum Gasteiger partial charge on any atom is -0.454 e. The molecule has 3 amide bonds. The van der Waals surface area contributed by atoms with Crippen molar-refractivity contribution in [3.63, 3.8) is 0 Å². The van der Waals surface area contributed by atoms with Crippen LogP contribution in [-0.2, 0) is 11.2 Å². The Morgan fingerprint density at radius 3 is 2.71 bits per heavy atom. The lowest BCUT2D eigenvalue weighted by molar-refractivity contribution is -0.148. The number of hydrogen-bond donors (Lipinski definition) is 1. The highest BCUT2D eigenvalue weighted by molar-refractivity contribution is 5.91. The molecule has 4 aliphatic heterocycles. The molecule has 2 fully saturated rings. The molecule has 0 radical (unpaired) electrons. The topological polar surface area (TPSA) is 71.1 Å². The highest BCUT2D eigenvalue weighted by atomic mass is 16.7. The average molecular weight is 419 g/mol. The van der Waals surface area contributed by atoms with Gasteiger partial charge in [-0.05, 0) is 61.1 Å². The van der Waals surface area contributed by atoms with Crippen LogP contribution in [0.2, 0.25) is 0 Å². The molecule has 160 valence electrons. The number of rotatable bonds is 1. The summed E-state index contributed by atoms with van der Waals surface area (Å²) in [7, 11) is 0. The van der Waals surface area contributed by atoms with Gasteiger partial charge in [0.1, 0.15) is 0 Å². The van der Waals surface area contributed by atoms with Gasteiger partial charge in [-0.2, -0.15) is 0 Å². The number of hydrogen-bond acceptors (Lipinski definition) is 4. The summed E-state index contributed by atoms with van der Waals surface area (Å²) in [5, 5.41) is 3.01. The van der Waals surface area contributed by atoms with E-state index in [1.165, 1.54) is 5.56 Å². The summed E-state index contributed by atoms with van der Waals surface area (Å²) in [6, 6.07) is 13.3. The molecule has 4 aliphatic rings. The largest absolute Gasteiger partial charge is 0.454 e. The molecule has 7 nitrogen and oxygen atoms in total. The molecule has 0 aromatic heterocycles. The SMILES string of the molecule is O=C1C2CCCN(C(=O)Nc3ccccc3)C2CC2c3cc4c(cc3CCN12)OCO4. The number of nitrogens with zero attached hydrogens (tertiary/aromatic N) is 2. The van der Waals surface area contributed by atoms with Gasteiger partial charge in [0.2, 0.25) is 12.7 Å². The monoisotopic (exact) mass is 419 g/mol. The molecule has 4 heterocycles. The van der Waals surface area contributed by atoms with Crippen LogP contribution in [0.15, 0.2) is 42.5 Å². The number of amides is 3. The fourth-order valence-corrected chi connectivity index (χ4v) is 5.66. The Bertz CT molecular complexity index is 1040. The number of fused-ring (bicyclic) bond motifs is 5. The van der Waals surface area contributed by atoms with Gasteiger partial charge in [0, 0.05) is 24.8 Å². The van der Waals surface area contributed by atoms with E-state index in [2.05, 4.69) is 11.4 Å². The van der Waals surface area contributed by atoms with Crippen LogP contribution in [0.25, 0.3) is 0 Å². The average Bonchev–Trinajstić information content (AvgIpc) is 3.25. The van der Waals surface area contributed by atoms with Gasteiger partial charge < -0.3 is 24.6 Å². The van der Waals surface area contributed by atoms with Crippen molar-refractivity contribution in [3.05, 3.63) is 53.6 Å². The predicted molar refractivity (Wildman–Crippen MR) is 114 cm³/mol. The fraction of sp³-hybridized carbons (Fsp3) is 0.417. The minimum absolute atomic E-state index is 0.0304. The highest BCUT2D eigenvalue weighted by Crippen LogP contribution is 2.47. The van der Waals surface area contributed by atoms with Crippen molar-refractivity contribution in [2.45, 2.75) is 37.8 Å². The van der Waals surface area contributed by atoms with Gasteiger partial charge >= 0.3 is 6.03 Å². The maximum absolute atomic E-state index is 13.5. The quantitative estimate of drug-likeness (QED) is 0.767. The van der Waals surface area contributed by atoms with Crippen molar-refractivity contribution in [1.29, 1.82) is 0 Å². The lowest BCUT2D eigenvalue weighted by atomic mass is 9.76. The standard InChI is InChI=1S/C24H25N3O4/c28-23-17-7-4-9-27(24(29)25-16-5-2-1-3-6-16)19(17)13-20-18-12-22-21(30-14-31-22)11-15(18)8-10-26(20)23/h1-3,5-6,11-12,17,19-20H,4,7-10,13-14H2,(H,25,29). The van der Waals surface area contributed by atoms with Gasteiger partial charge in [-0.15, -0.1) is 0 Å². The molecule has 2 saturated heterocycles. The van der Waals surface area contributed by atoms with Crippen molar-refractivity contribution in [2.75, 3.05) is 25.2 Å². The molecule has 3 atom stereocenters. The number of anilines is 1. The van der Waals surface area contributed by atoms with E-state index in [-0.39, 0.29) is 36.7 Å². The molecule has 0 aliphatic carbocycles. The second-order valence-corrected chi connectivity index (χ2v) is 8.74. The molecule has 0 bridgehead atoms. The van der Waals surface area contributed by atoms with Crippen LogP contribution >= 0.6 is 0 Å². The second kappa shape index (κ2) is 7.18. The Balaban J connectivity index is 1.31. The number of piperidine rings is 2. The molecular formula is C24H25N3O4. The lowest BCUT2D eigenvalue weighted by Gasteiger charge is -2.51. The zero-order valence-electron chi connectivity index (χ0n) is 17.3. The predicted octanol–water partition coefficient (Wildman–Crippen LogP) is 3.56. The molecule has 3 unspecified atom stereocenters. The summed E-state index contributed by atoms with van der Waals surface area (Å²) in [5.41, 5.74) is 3.12. The van der Waals surface area contributed by atoms with Crippen molar-refractivity contribution in [3.8, 4) is 11.5 Å². The van der Waals surface area contributed by atoms with E-state index in [1.807, 2.05) is 46.2 Å². The Labute approximate surface area is 180 Å². The van der Waals surface area contributed by atoms with Crippen LogP contribution in [-0.4, -0.2) is 47.7 Å². The number of urea groups is 1. The van der Waals surface area contributed by atoms with Crippen LogP contribution in [0, 0.1) is 5.92 Å². The Hall–Kier alpha value is -3.22. The first-order chi connectivity index (χ1) is 15.2. The van der Waals surface area contributed by atoms with Gasteiger partial charge in [0.25, 0.3) is 0 Å². The summed E-state index contributed by atoms with van der Waals surface area (Å²) in [4.78, 5) is 30.5. The van der Waals surface area contributed by atoms with E-state index < -0.39 is 0 Å². The van der Waals surface area contributed by atoms with Crippen molar-refractivity contribution in [2.24, 2.45) is 5.92 Å². The van der Waals surface area contributed by atoms with Gasteiger partial charge in [0.05, 0.1) is 12.0 Å². The molecular weight excluding hydrogens is 394 g/mol. The number of likely N-dealkylation sites (tertiary alicyclic amines) is 1. The summed E-state index contributed by atoms with van der Waals surface area (Å²) >= 11 is 0. The highest BCUT2D eigenvalue weighted by Gasteiger charge is 2.49. The molecule has 7 heteroatoms. The third-order valence-corrected chi connectivity index (χ3v) is 7.12. The first kappa shape index (κ1) is 18.5. The summed E-state index contributed by atoms with van der Waals surface area (Å²) < 4.78 is 11.2. The van der Waals surface area contributed by atoms with Crippen molar-refractivity contribution in [1.82, 2.24) is 9.80 Å². The van der Waals surface area contributed by atoms with Crippen LogP contribution in [0.5, 0.6) is 11.5 Å². The molecule has 2 aromatic rings. The van der Waals surface area contributed by atoms with Crippen molar-refractivity contribution < 1.29 is 19.1 Å². The van der Waals surface area contributed by atoms with E-state index >= 15 is 0 Å². The number of carbonyl (C=O) groups is 2. The number of nitrogens with one attached hydrogen (secondary N) is 1. The van der Waals surface area contributed by atoms with E-state index in [0.29, 0.717) is 6.54 Å². The minimum atomic E-state index is -0.123. The zero-order valence-corrected chi connectivity index (χ0v) is 17.3. The zero-order chi connectivity index (χ0) is 20.9. The second-order valence-electron chi connectivity index (χ2n) is 8.74. The summed E-state index contributed by atoms with van der Waals surface area (Å²) in [6.45, 7) is 1.63. The molecule has 0 spiro atoms. The van der Waals surface area contributed by atoms with Gasteiger partial charge in [0.15, 0.2) is 11.5 Å². The summed E-state index contributed by atoms with van der Waals surface area (Å²) in [5.74, 6) is 1.59. The molecule has 31 heavy (non-hydrogen) atoms. The van der Waals surface area contributed by atoms with Gasteiger partial charge in [-0.1, -0.05) is 18.2 Å². The molecule has 0 saturated carbocycles. The first-order valence-electron chi connectivity index (χ1n) is 11.0. The lowest BCUT2D eigenvalue weighted by Crippen LogP contribution is -2.60. The molecule has 1 N–H and O–H groups in total. The van der Waals surface area contributed by atoms with Crippen LogP contribution in [0.4, 0.5) is 10.5 Å². The number of para-hydroxylation sites is 1. The van der Waals surface area contributed by atoms with Crippen molar-refractivity contribution >= 4 is 17.6 Å². The van der Waals surface area contributed by atoms with Gasteiger partial charge in [-0.25, -0.2) is 4.79 Å². The molecule has 2 aromatic carbocycles. The number of ether oxygens (including phenoxy) is 2. The maximum Gasteiger partial charge on any atom is 0.322 e. The number of benzene rings is 2. The van der Waals surface area contributed by atoms with Gasteiger partial charge in [-0.3, -0.25) is 4.79 Å².